The first-order chi connectivity index (χ1) is 6.14. The van der Waals surface area contributed by atoms with Gasteiger partial charge in [0.25, 0.3) is 0 Å². The molecule has 1 aliphatic rings. The highest BCUT2D eigenvalue weighted by Gasteiger charge is 2.40. The summed E-state index contributed by atoms with van der Waals surface area (Å²) >= 11 is 5.05. The summed E-state index contributed by atoms with van der Waals surface area (Å²) in [6, 6.07) is 0. The van der Waals surface area contributed by atoms with E-state index in [1.54, 1.807) is 4.68 Å². The number of aromatic amines is 1. The van der Waals surface area contributed by atoms with Crippen molar-refractivity contribution < 1.29 is 4.74 Å². The number of H-pyrrole nitrogens is 1. The van der Waals surface area contributed by atoms with Gasteiger partial charge in [0.15, 0.2) is 0 Å². The molecular formula is C7H12N4OS. The van der Waals surface area contributed by atoms with E-state index in [0.29, 0.717) is 4.77 Å². The van der Waals surface area contributed by atoms with E-state index in [-0.39, 0.29) is 11.6 Å². The molecule has 0 aliphatic carbocycles. The summed E-state index contributed by atoms with van der Waals surface area (Å²) < 4.78 is 7.80. The largest absolute Gasteiger partial charge is 0.376 e. The van der Waals surface area contributed by atoms with Gasteiger partial charge in [-0.15, -0.1) is 0 Å². The third kappa shape index (κ3) is 1.21. The fraction of sp³-hybridized carbons (Fsp3) is 0.857. The second kappa shape index (κ2) is 2.88. The number of nitrogens with one attached hydrogen (secondary N) is 1. The molecule has 2 unspecified atom stereocenters. The molecule has 2 atom stereocenters. The maximum atomic E-state index is 5.50. The predicted octanol–water partition coefficient (Wildman–Crippen LogP) is 0.860. The van der Waals surface area contributed by atoms with Crippen molar-refractivity contribution >= 4 is 12.2 Å². The molecular weight excluding hydrogens is 188 g/mol. The van der Waals surface area contributed by atoms with Crippen LogP contribution in [0.4, 0.5) is 0 Å². The summed E-state index contributed by atoms with van der Waals surface area (Å²) in [7, 11) is 0. The smallest absolute Gasteiger partial charge is 0.238 e. The molecule has 72 valence electrons. The van der Waals surface area contributed by atoms with Crippen molar-refractivity contribution in [3.63, 3.8) is 0 Å². The van der Waals surface area contributed by atoms with Gasteiger partial charge in [-0.3, -0.25) is 0 Å². The lowest BCUT2D eigenvalue weighted by molar-refractivity contribution is 0.0692. The van der Waals surface area contributed by atoms with Crippen molar-refractivity contribution in [3.05, 3.63) is 4.77 Å². The van der Waals surface area contributed by atoms with E-state index in [2.05, 4.69) is 22.4 Å². The van der Waals surface area contributed by atoms with Crippen LogP contribution in [0, 0.1) is 4.77 Å². The fourth-order valence-electron chi connectivity index (χ4n) is 1.65. The van der Waals surface area contributed by atoms with Crippen molar-refractivity contribution in [2.75, 3.05) is 6.61 Å². The summed E-state index contributed by atoms with van der Waals surface area (Å²) in [5.41, 5.74) is -0.124. The summed E-state index contributed by atoms with van der Waals surface area (Å²) in [6.45, 7) is 4.90. The van der Waals surface area contributed by atoms with Gasteiger partial charge in [-0.1, -0.05) is 10.3 Å². The highest BCUT2D eigenvalue weighted by molar-refractivity contribution is 7.71. The molecule has 1 aromatic heterocycles. The van der Waals surface area contributed by atoms with Crippen LogP contribution in [0.3, 0.4) is 0 Å². The zero-order chi connectivity index (χ0) is 9.47. The van der Waals surface area contributed by atoms with Crippen molar-refractivity contribution in [2.45, 2.75) is 31.9 Å². The fourth-order valence-corrected chi connectivity index (χ4v) is 1.94. The molecule has 2 heterocycles. The molecule has 0 saturated carbocycles. The molecule has 1 fully saturated rings. The lowest BCUT2D eigenvalue weighted by atomic mass is 9.95. The normalized spacial score (nSPS) is 33.8. The average Bonchev–Trinajstić information content (AvgIpc) is 2.62. The summed E-state index contributed by atoms with van der Waals surface area (Å²) in [5.74, 6) is 0. The van der Waals surface area contributed by atoms with Crippen LogP contribution >= 0.6 is 12.2 Å². The maximum absolute atomic E-state index is 5.50. The number of hydrogen-bond acceptors (Lipinski definition) is 4. The molecule has 0 spiro atoms. The molecule has 1 aromatic rings. The van der Waals surface area contributed by atoms with Gasteiger partial charge in [0.2, 0.25) is 4.77 Å². The van der Waals surface area contributed by atoms with E-state index in [1.807, 2.05) is 6.92 Å². The first-order valence-electron chi connectivity index (χ1n) is 4.27. The summed E-state index contributed by atoms with van der Waals surface area (Å²) in [6.07, 6.45) is 1.08. The Morgan fingerprint density at radius 2 is 2.54 bits per heavy atom. The van der Waals surface area contributed by atoms with Crippen LogP contribution in [0.25, 0.3) is 0 Å². The Bertz CT molecular complexity index is 359. The van der Waals surface area contributed by atoms with Gasteiger partial charge in [0.1, 0.15) is 0 Å². The monoisotopic (exact) mass is 200 g/mol. The van der Waals surface area contributed by atoms with Gasteiger partial charge in [-0.2, -0.15) is 5.21 Å². The lowest BCUT2D eigenvalue weighted by Crippen LogP contribution is -2.37. The molecule has 1 aliphatic heterocycles. The number of nitrogens with zero attached hydrogens (tertiary/aromatic N) is 3. The van der Waals surface area contributed by atoms with Crippen LogP contribution in [0.1, 0.15) is 20.3 Å². The Morgan fingerprint density at radius 3 is 3.00 bits per heavy atom. The number of ether oxygens (including phenoxy) is 1. The molecule has 1 N–H and O–H groups in total. The van der Waals surface area contributed by atoms with Gasteiger partial charge >= 0.3 is 0 Å². The van der Waals surface area contributed by atoms with Gasteiger partial charge < -0.3 is 4.74 Å². The van der Waals surface area contributed by atoms with E-state index in [1.165, 1.54) is 0 Å². The van der Waals surface area contributed by atoms with Crippen LogP contribution in [-0.4, -0.2) is 32.9 Å². The SMILES string of the molecule is CC1OCCC1(C)n1[nH]nnc1=S. The van der Waals surface area contributed by atoms with Crippen molar-refractivity contribution in [2.24, 2.45) is 0 Å². The van der Waals surface area contributed by atoms with E-state index >= 15 is 0 Å². The quantitative estimate of drug-likeness (QED) is 0.683. The minimum atomic E-state index is -0.124. The molecule has 6 heteroatoms. The molecule has 13 heavy (non-hydrogen) atoms. The molecule has 0 bridgehead atoms. The van der Waals surface area contributed by atoms with Crippen LogP contribution < -0.4 is 0 Å². The maximum Gasteiger partial charge on any atom is 0.238 e. The number of hydrogen-bond donors (Lipinski definition) is 1. The third-order valence-electron chi connectivity index (χ3n) is 2.83. The van der Waals surface area contributed by atoms with Crippen LogP contribution in [0.15, 0.2) is 0 Å². The topological polar surface area (TPSA) is 55.7 Å². The van der Waals surface area contributed by atoms with Crippen molar-refractivity contribution in [3.8, 4) is 0 Å². The first-order valence-corrected chi connectivity index (χ1v) is 4.67. The van der Waals surface area contributed by atoms with Crippen LogP contribution in [0.2, 0.25) is 0 Å². The van der Waals surface area contributed by atoms with E-state index in [0.717, 1.165) is 13.0 Å². The van der Waals surface area contributed by atoms with E-state index in [9.17, 15) is 0 Å². The first kappa shape index (κ1) is 8.83. The van der Waals surface area contributed by atoms with Gasteiger partial charge in [0, 0.05) is 6.61 Å². The van der Waals surface area contributed by atoms with Crippen molar-refractivity contribution in [1.29, 1.82) is 0 Å². The van der Waals surface area contributed by atoms with Gasteiger partial charge in [-0.25, -0.2) is 4.68 Å². The van der Waals surface area contributed by atoms with Gasteiger partial charge in [-0.05, 0) is 32.5 Å². The number of rotatable bonds is 1. The highest BCUT2D eigenvalue weighted by Crippen LogP contribution is 2.31. The summed E-state index contributed by atoms with van der Waals surface area (Å²) in [5, 5.41) is 10.2. The minimum absolute atomic E-state index is 0.124. The molecule has 0 aromatic carbocycles. The third-order valence-corrected chi connectivity index (χ3v) is 3.10. The zero-order valence-corrected chi connectivity index (χ0v) is 8.47. The second-order valence-corrected chi connectivity index (χ2v) is 3.90. The standard InChI is InChI=1S/C7H12N4OS/c1-5-7(2,3-4-12-5)11-6(13)8-9-10-11/h5H,3-4H2,1-2H3,(H,8,10,13). The molecule has 1 saturated heterocycles. The second-order valence-electron chi connectivity index (χ2n) is 3.54. The molecule has 0 amide bonds. The molecule has 5 nitrogen and oxygen atoms in total. The van der Waals surface area contributed by atoms with E-state index < -0.39 is 0 Å². The van der Waals surface area contributed by atoms with Crippen molar-refractivity contribution in [1.82, 2.24) is 20.2 Å². The highest BCUT2D eigenvalue weighted by atomic mass is 32.1. The van der Waals surface area contributed by atoms with Gasteiger partial charge in [0.05, 0.1) is 11.6 Å². The number of tetrazole rings is 1. The molecule has 2 rings (SSSR count). The Hall–Kier alpha value is -0.750. The van der Waals surface area contributed by atoms with Crippen LogP contribution in [-0.2, 0) is 10.3 Å². The van der Waals surface area contributed by atoms with Crippen LogP contribution in [0.5, 0.6) is 0 Å². The average molecular weight is 200 g/mol. The minimum Gasteiger partial charge on any atom is -0.376 e. The number of aromatic nitrogens is 4. The summed E-state index contributed by atoms with van der Waals surface area (Å²) in [4.78, 5) is 0. The lowest BCUT2D eigenvalue weighted by Gasteiger charge is -2.27. The molecule has 0 radical (unpaired) electrons. The Balaban J connectivity index is 2.45. The Kier molecular flexibility index (Phi) is 1.96. The Labute approximate surface area is 81.1 Å². The zero-order valence-electron chi connectivity index (χ0n) is 7.65. The Morgan fingerprint density at radius 1 is 1.77 bits per heavy atom. The predicted molar refractivity (Wildman–Crippen MR) is 48.9 cm³/mol. The van der Waals surface area contributed by atoms with E-state index in [4.69, 9.17) is 17.0 Å².